The Morgan fingerprint density at radius 2 is 1.67 bits per heavy atom. The number of alkyl halides is 2. The van der Waals surface area contributed by atoms with Gasteiger partial charge >= 0.3 is 0 Å². The zero-order valence-electron chi connectivity index (χ0n) is 8.83. The molecule has 2 aliphatic rings. The molecule has 1 heterocycles. The van der Waals surface area contributed by atoms with E-state index in [1.165, 1.54) is 0 Å². The van der Waals surface area contributed by atoms with Crippen LogP contribution in [-0.4, -0.2) is 35.1 Å². The molecule has 1 aliphatic heterocycles. The third-order valence-electron chi connectivity index (χ3n) is 3.82. The van der Waals surface area contributed by atoms with Gasteiger partial charge in [-0.1, -0.05) is 0 Å². The molecule has 4 heteroatoms. The Morgan fingerprint density at radius 3 is 2.33 bits per heavy atom. The third-order valence-corrected chi connectivity index (χ3v) is 5.04. The number of piperidine rings is 1. The molecule has 0 aromatic rings. The first-order valence-corrected chi connectivity index (χ1v) is 6.74. The number of aliphatic hydroxyl groups is 1. The Bertz CT molecular complexity index is 209. The lowest BCUT2D eigenvalue weighted by molar-refractivity contribution is 0.0319. The van der Waals surface area contributed by atoms with Crippen molar-refractivity contribution in [2.45, 2.75) is 42.5 Å². The van der Waals surface area contributed by atoms with Crippen molar-refractivity contribution in [2.24, 2.45) is 11.8 Å². The van der Waals surface area contributed by atoms with Crippen LogP contribution in [0.25, 0.3) is 0 Å². The number of rotatable bonds is 1. The van der Waals surface area contributed by atoms with Crippen LogP contribution in [-0.2, 0) is 0 Å². The number of hydrogen-bond acceptors (Lipinski definition) is 2. The van der Waals surface area contributed by atoms with E-state index in [9.17, 15) is 5.11 Å². The van der Waals surface area contributed by atoms with Gasteiger partial charge in [0, 0.05) is 5.92 Å². The summed E-state index contributed by atoms with van der Waals surface area (Å²) in [7, 11) is 0. The number of hydrogen-bond donors (Lipinski definition) is 2. The molecule has 1 saturated heterocycles. The van der Waals surface area contributed by atoms with Crippen LogP contribution in [0.3, 0.4) is 0 Å². The molecule has 0 amide bonds. The molecule has 2 fully saturated rings. The monoisotopic (exact) mass is 251 g/mol. The Hall–Kier alpha value is 0.500. The van der Waals surface area contributed by atoms with E-state index >= 15 is 0 Å². The molecule has 2 N–H and O–H groups in total. The summed E-state index contributed by atoms with van der Waals surface area (Å²) in [5.41, 5.74) is 0. The van der Waals surface area contributed by atoms with Crippen molar-refractivity contribution in [2.75, 3.05) is 13.1 Å². The van der Waals surface area contributed by atoms with E-state index in [0.29, 0.717) is 5.92 Å². The summed E-state index contributed by atoms with van der Waals surface area (Å²) in [5, 5.41) is 13.4. The van der Waals surface area contributed by atoms with Crippen molar-refractivity contribution < 1.29 is 5.11 Å². The second-order valence-corrected chi connectivity index (χ2v) is 5.83. The molecule has 1 aliphatic carbocycles. The predicted octanol–water partition coefficient (Wildman–Crippen LogP) is 1.97. The van der Waals surface area contributed by atoms with Crippen LogP contribution >= 0.6 is 23.2 Å². The third kappa shape index (κ3) is 2.60. The van der Waals surface area contributed by atoms with Crippen LogP contribution in [0.1, 0.15) is 25.7 Å². The second kappa shape index (κ2) is 5.22. The van der Waals surface area contributed by atoms with Crippen LogP contribution in [0.5, 0.6) is 0 Å². The lowest BCUT2D eigenvalue weighted by atomic mass is 9.74. The summed E-state index contributed by atoms with van der Waals surface area (Å²) in [5.74, 6) is 0.746. The lowest BCUT2D eigenvalue weighted by Gasteiger charge is -2.41. The fourth-order valence-corrected chi connectivity index (χ4v) is 3.73. The van der Waals surface area contributed by atoms with E-state index in [0.717, 1.165) is 38.8 Å². The molecule has 88 valence electrons. The Kier molecular flexibility index (Phi) is 4.17. The normalized spacial score (nSPS) is 44.2. The van der Waals surface area contributed by atoms with Crippen molar-refractivity contribution in [1.29, 1.82) is 0 Å². The Morgan fingerprint density at radius 1 is 1.00 bits per heavy atom. The number of aliphatic hydroxyl groups excluding tert-OH is 1. The van der Waals surface area contributed by atoms with Crippen molar-refractivity contribution in [1.82, 2.24) is 5.32 Å². The predicted molar refractivity (Wildman–Crippen MR) is 63.6 cm³/mol. The molecule has 0 bridgehead atoms. The maximum Gasteiger partial charge on any atom is 0.0586 e. The van der Waals surface area contributed by atoms with Crippen LogP contribution in [0.15, 0.2) is 0 Å². The standard InChI is InChI=1S/C11H19Cl2NO/c12-8-1-2-9(15)10(11(8)13)7-3-5-14-6-4-7/h7-11,14-15H,1-6H2. The summed E-state index contributed by atoms with van der Waals surface area (Å²) < 4.78 is 0. The Labute approximate surface area is 101 Å². The lowest BCUT2D eigenvalue weighted by Crippen LogP contribution is -2.46. The fourth-order valence-electron chi connectivity index (χ4n) is 2.94. The van der Waals surface area contributed by atoms with Gasteiger partial charge in [-0.2, -0.15) is 0 Å². The van der Waals surface area contributed by atoms with E-state index in [-0.39, 0.29) is 22.8 Å². The van der Waals surface area contributed by atoms with Gasteiger partial charge in [0.2, 0.25) is 0 Å². The van der Waals surface area contributed by atoms with Gasteiger partial charge in [0.1, 0.15) is 0 Å². The molecule has 0 aromatic heterocycles. The van der Waals surface area contributed by atoms with Gasteiger partial charge in [0.25, 0.3) is 0 Å². The summed E-state index contributed by atoms with van der Waals surface area (Å²) in [6, 6.07) is 0. The minimum absolute atomic E-state index is 0.0370. The molecule has 0 aromatic carbocycles. The van der Waals surface area contributed by atoms with Gasteiger partial charge in [-0.15, -0.1) is 23.2 Å². The smallest absolute Gasteiger partial charge is 0.0586 e. The minimum atomic E-state index is -0.245. The summed E-state index contributed by atoms with van der Waals surface area (Å²) in [4.78, 5) is 0. The summed E-state index contributed by atoms with van der Waals surface area (Å²) >= 11 is 12.5. The largest absolute Gasteiger partial charge is 0.393 e. The zero-order chi connectivity index (χ0) is 10.8. The first kappa shape index (κ1) is 12.0. The zero-order valence-corrected chi connectivity index (χ0v) is 10.3. The maximum atomic E-state index is 10.0. The summed E-state index contributed by atoms with van der Waals surface area (Å²) in [6.07, 6.45) is 3.65. The molecular weight excluding hydrogens is 233 g/mol. The van der Waals surface area contributed by atoms with Crippen LogP contribution in [0.2, 0.25) is 0 Å². The molecule has 4 unspecified atom stereocenters. The van der Waals surface area contributed by atoms with E-state index in [1.54, 1.807) is 0 Å². The van der Waals surface area contributed by atoms with E-state index < -0.39 is 0 Å². The van der Waals surface area contributed by atoms with Crippen molar-refractivity contribution >= 4 is 23.2 Å². The molecule has 0 radical (unpaired) electrons. The van der Waals surface area contributed by atoms with E-state index in [4.69, 9.17) is 23.2 Å². The SMILES string of the molecule is OC1CCC(Cl)C(Cl)C1C1CCNCC1. The van der Waals surface area contributed by atoms with Gasteiger partial charge in [-0.3, -0.25) is 0 Å². The highest BCUT2D eigenvalue weighted by molar-refractivity contribution is 6.30. The molecule has 1 saturated carbocycles. The highest BCUT2D eigenvalue weighted by Crippen LogP contribution is 2.39. The first-order chi connectivity index (χ1) is 7.20. The quantitative estimate of drug-likeness (QED) is 0.699. The maximum absolute atomic E-state index is 10.0. The first-order valence-electron chi connectivity index (χ1n) is 5.87. The molecule has 0 spiro atoms. The molecule has 2 rings (SSSR count). The topological polar surface area (TPSA) is 32.3 Å². The van der Waals surface area contributed by atoms with Gasteiger partial charge < -0.3 is 10.4 Å². The average Bonchev–Trinajstić information content (AvgIpc) is 2.26. The highest BCUT2D eigenvalue weighted by Gasteiger charge is 2.41. The highest BCUT2D eigenvalue weighted by atomic mass is 35.5. The minimum Gasteiger partial charge on any atom is -0.393 e. The van der Waals surface area contributed by atoms with Gasteiger partial charge in [0.15, 0.2) is 0 Å². The van der Waals surface area contributed by atoms with Crippen LogP contribution < -0.4 is 5.32 Å². The number of halogens is 2. The Balaban J connectivity index is 2.02. The summed E-state index contributed by atoms with van der Waals surface area (Å²) in [6.45, 7) is 2.09. The van der Waals surface area contributed by atoms with E-state index in [1.807, 2.05) is 0 Å². The molecular formula is C11H19Cl2NO. The van der Waals surface area contributed by atoms with Crippen molar-refractivity contribution in [3.8, 4) is 0 Å². The second-order valence-electron chi connectivity index (χ2n) is 4.77. The van der Waals surface area contributed by atoms with E-state index in [2.05, 4.69) is 5.32 Å². The van der Waals surface area contributed by atoms with Gasteiger partial charge in [-0.05, 0) is 44.7 Å². The van der Waals surface area contributed by atoms with Gasteiger partial charge in [-0.25, -0.2) is 0 Å². The average molecular weight is 252 g/mol. The molecule has 2 nitrogen and oxygen atoms in total. The van der Waals surface area contributed by atoms with Crippen molar-refractivity contribution in [3.63, 3.8) is 0 Å². The van der Waals surface area contributed by atoms with Crippen LogP contribution in [0, 0.1) is 11.8 Å². The molecule has 15 heavy (non-hydrogen) atoms. The fraction of sp³-hybridized carbons (Fsp3) is 1.00. The van der Waals surface area contributed by atoms with Crippen molar-refractivity contribution in [3.05, 3.63) is 0 Å². The van der Waals surface area contributed by atoms with Gasteiger partial charge in [0.05, 0.1) is 16.9 Å². The number of nitrogens with one attached hydrogen (secondary N) is 1. The molecule has 4 atom stereocenters. The van der Waals surface area contributed by atoms with Crippen LogP contribution in [0.4, 0.5) is 0 Å².